The van der Waals surface area contributed by atoms with Crippen LogP contribution in [0.25, 0.3) is 0 Å². The summed E-state index contributed by atoms with van der Waals surface area (Å²) in [6.07, 6.45) is 2.54. The van der Waals surface area contributed by atoms with Crippen LogP contribution in [0.3, 0.4) is 0 Å². The molecule has 1 aliphatic heterocycles. The van der Waals surface area contributed by atoms with Gasteiger partial charge in [-0.1, -0.05) is 0 Å². The van der Waals surface area contributed by atoms with Crippen LogP contribution in [0.2, 0.25) is 0 Å². The molecule has 1 aromatic rings. The summed E-state index contributed by atoms with van der Waals surface area (Å²) in [6.45, 7) is 6.89. The van der Waals surface area contributed by atoms with E-state index in [1.807, 2.05) is 13.8 Å². The van der Waals surface area contributed by atoms with Crippen LogP contribution in [-0.4, -0.2) is 50.2 Å². The number of methoxy groups -OCH3 is 1. The third-order valence-corrected chi connectivity index (χ3v) is 5.71. The Morgan fingerprint density at radius 2 is 2.00 bits per heavy atom. The lowest BCUT2D eigenvalue weighted by atomic mass is 9.97. The maximum Gasteiger partial charge on any atom is 0.341 e. The summed E-state index contributed by atoms with van der Waals surface area (Å²) < 4.78 is 9.89. The molecule has 2 heterocycles. The Morgan fingerprint density at radius 1 is 1.33 bits per heavy atom. The first-order valence-corrected chi connectivity index (χ1v) is 9.14. The van der Waals surface area contributed by atoms with Crippen molar-refractivity contribution in [1.82, 2.24) is 4.90 Å². The molecular weight excluding hydrogens is 328 g/mol. The van der Waals surface area contributed by atoms with Crippen LogP contribution in [0.1, 0.15) is 40.6 Å². The summed E-state index contributed by atoms with van der Waals surface area (Å²) in [5, 5.41) is 0.523. The fourth-order valence-electron chi connectivity index (χ4n) is 3.09. The Labute approximate surface area is 146 Å². The average molecular weight is 354 g/mol. The van der Waals surface area contributed by atoms with Crippen LogP contribution < -0.4 is 5.73 Å². The van der Waals surface area contributed by atoms with E-state index >= 15 is 0 Å². The number of carbonyl (C=O) groups is 2. The molecule has 1 aliphatic rings. The van der Waals surface area contributed by atoms with Crippen LogP contribution in [0.15, 0.2) is 0 Å². The van der Waals surface area contributed by atoms with Gasteiger partial charge in [-0.15, -0.1) is 11.3 Å². The van der Waals surface area contributed by atoms with Crippen molar-refractivity contribution in [3.8, 4) is 0 Å². The van der Waals surface area contributed by atoms with Gasteiger partial charge in [-0.2, -0.15) is 0 Å². The first-order valence-electron chi connectivity index (χ1n) is 8.32. The number of esters is 2. The zero-order valence-corrected chi connectivity index (χ0v) is 15.4. The van der Waals surface area contributed by atoms with Crippen molar-refractivity contribution >= 4 is 28.3 Å². The zero-order chi connectivity index (χ0) is 17.7. The van der Waals surface area contributed by atoms with Gasteiger partial charge in [-0.25, -0.2) is 4.79 Å². The molecule has 0 radical (unpaired) electrons. The second-order valence-corrected chi connectivity index (χ2v) is 7.14. The summed E-state index contributed by atoms with van der Waals surface area (Å²) in [7, 11) is 1.37. The van der Waals surface area contributed by atoms with Crippen molar-refractivity contribution in [1.29, 1.82) is 0 Å². The van der Waals surface area contributed by atoms with Crippen LogP contribution in [-0.2, 0) is 20.7 Å². The van der Waals surface area contributed by atoms with E-state index in [1.165, 1.54) is 18.4 Å². The molecule has 1 fully saturated rings. The van der Waals surface area contributed by atoms with Crippen LogP contribution in [0, 0.1) is 12.8 Å². The number of thiophene rings is 1. The average Bonchev–Trinajstić information content (AvgIpc) is 2.87. The van der Waals surface area contributed by atoms with Crippen molar-refractivity contribution < 1.29 is 19.1 Å². The minimum absolute atomic E-state index is 0.0336. The Bertz CT molecular complexity index is 592. The van der Waals surface area contributed by atoms with Gasteiger partial charge in [-0.3, -0.25) is 4.79 Å². The molecule has 6 nitrogen and oxygen atoms in total. The molecule has 0 amide bonds. The van der Waals surface area contributed by atoms with Gasteiger partial charge < -0.3 is 20.1 Å². The van der Waals surface area contributed by atoms with Gasteiger partial charge in [0.15, 0.2) is 0 Å². The first kappa shape index (κ1) is 18.7. The lowest BCUT2D eigenvalue weighted by Crippen LogP contribution is -2.38. The van der Waals surface area contributed by atoms with Gasteiger partial charge in [0.25, 0.3) is 0 Å². The van der Waals surface area contributed by atoms with Gasteiger partial charge in [0.05, 0.1) is 25.2 Å². The Hall–Kier alpha value is -1.60. The fourth-order valence-corrected chi connectivity index (χ4v) is 4.14. The van der Waals surface area contributed by atoms with E-state index in [4.69, 9.17) is 15.2 Å². The standard InChI is InChI=1S/C17H26N2O4S/c1-4-23-16(20)12-5-8-19(9-6-12)10-7-13-11(2)14(15(18)24-13)17(21)22-3/h12H,4-10,18H2,1-3H3. The van der Waals surface area contributed by atoms with Gasteiger partial charge in [0.2, 0.25) is 0 Å². The molecular formula is C17H26N2O4S. The maximum atomic E-state index is 11.8. The Kier molecular flexibility index (Phi) is 6.62. The van der Waals surface area contributed by atoms with E-state index in [-0.39, 0.29) is 17.9 Å². The largest absolute Gasteiger partial charge is 0.466 e. The number of nitrogens with zero attached hydrogens (tertiary/aromatic N) is 1. The molecule has 1 saturated heterocycles. The second-order valence-electron chi connectivity index (χ2n) is 6.00. The van der Waals surface area contributed by atoms with Crippen molar-refractivity contribution in [2.45, 2.75) is 33.1 Å². The van der Waals surface area contributed by atoms with Crippen LogP contribution in [0.5, 0.6) is 0 Å². The number of nitrogen functional groups attached to an aromatic ring is 1. The molecule has 2 N–H and O–H groups in total. The topological polar surface area (TPSA) is 81.9 Å². The lowest BCUT2D eigenvalue weighted by Gasteiger charge is -2.30. The van der Waals surface area contributed by atoms with Gasteiger partial charge >= 0.3 is 11.9 Å². The minimum Gasteiger partial charge on any atom is -0.466 e. The van der Waals surface area contributed by atoms with E-state index in [2.05, 4.69) is 4.90 Å². The monoisotopic (exact) mass is 354 g/mol. The van der Waals surface area contributed by atoms with E-state index in [0.29, 0.717) is 17.2 Å². The number of piperidine rings is 1. The van der Waals surface area contributed by atoms with Gasteiger partial charge in [-0.05, 0) is 51.8 Å². The maximum absolute atomic E-state index is 11.8. The van der Waals surface area contributed by atoms with Gasteiger partial charge in [0, 0.05) is 11.4 Å². The van der Waals surface area contributed by atoms with E-state index in [9.17, 15) is 9.59 Å². The fraction of sp³-hybridized carbons (Fsp3) is 0.647. The smallest absolute Gasteiger partial charge is 0.341 e. The summed E-state index contributed by atoms with van der Waals surface area (Å²) in [4.78, 5) is 27.0. The third kappa shape index (κ3) is 4.27. The number of ether oxygens (including phenoxy) is 2. The van der Waals surface area contributed by atoms with Crippen LogP contribution >= 0.6 is 11.3 Å². The molecule has 1 aromatic heterocycles. The summed E-state index contributed by atoms with van der Waals surface area (Å²) in [5.41, 5.74) is 7.38. The number of hydrogen-bond acceptors (Lipinski definition) is 7. The minimum atomic E-state index is -0.372. The van der Waals surface area contributed by atoms with Crippen molar-refractivity contribution in [3.05, 3.63) is 16.0 Å². The van der Waals surface area contributed by atoms with Crippen molar-refractivity contribution in [2.75, 3.05) is 39.1 Å². The zero-order valence-electron chi connectivity index (χ0n) is 14.6. The van der Waals surface area contributed by atoms with Crippen molar-refractivity contribution in [2.24, 2.45) is 5.92 Å². The number of anilines is 1. The third-order valence-electron chi connectivity index (χ3n) is 4.52. The molecule has 0 aromatic carbocycles. The number of likely N-dealkylation sites (tertiary alicyclic amines) is 1. The predicted molar refractivity (Wildman–Crippen MR) is 94.3 cm³/mol. The number of rotatable bonds is 6. The lowest BCUT2D eigenvalue weighted by molar-refractivity contribution is -0.149. The Morgan fingerprint density at radius 3 is 2.58 bits per heavy atom. The van der Waals surface area contributed by atoms with Gasteiger partial charge in [0.1, 0.15) is 5.00 Å². The highest BCUT2D eigenvalue weighted by atomic mass is 32.1. The number of nitrogens with two attached hydrogens (primary N) is 1. The first-order chi connectivity index (χ1) is 11.5. The predicted octanol–water partition coefficient (Wildman–Crippen LogP) is 2.24. The van der Waals surface area contributed by atoms with E-state index in [0.717, 1.165) is 49.3 Å². The SMILES string of the molecule is CCOC(=O)C1CCN(CCc2sc(N)c(C(=O)OC)c2C)CC1. The normalized spacial score (nSPS) is 16.1. The highest BCUT2D eigenvalue weighted by Gasteiger charge is 2.26. The molecule has 0 atom stereocenters. The highest BCUT2D eigenvalue weighted by molar-refractivity contribution is 7.16. The number of hydrogen-bond donors (Lipinski definition) is 1. The Balaban J connectivity index is 1.87. The molecule has 134 valence electrons. The molecule has 0 unspecified atom stereocenters. The number of carbonyl (C=O) groups excluding carboxylic acids is 2. The molecule has 0 bridgehead atoms. The summed E-state index contributed by atoms with van der Waals surface area (Å²) in [5.74, 6) is -0.407. The molecule has 2 rings (SSSR count). The molecule has 7 heteroatoms. The van der Waals surface area contributed by atoms with E-state index < -0.39 is 0 Å². The van der Waals surface area contributed by atoms with Crippen LogP contribution in [0.4, 0.5) is 5.00 Å². The second kappa shape index (κ2) is 8.48. The van der Waals surface area contributed by atoms with Crippen molar-refractivity contribution in [3.63, 3.8) is 0 Å². The molecule has 0 saturated carbocycles. The molecule has 0 aliphatic carbocycles. The highest BCUT2D eigenvalue weighted by Crippen LogP contribution is 2.31. The summed E-state index contributed by atoms with van der Waals surface area (Å²) >= 11 is 1.46. The van der Waals surface area contributed by atoms with E-state index in [1.54, 1.807) is 0 Å². The summed E-state index contributed by atoms with van der Waals surface area (Å²) in [6, 6.07) is 0. The quantitative estimate of drug-likeness (QED) is 0.789. The molecule has 0 spiro atoms. The molecule has 24 heavy (non-hydrogen) atoms.